The molecule has 0 aliphatic carbocycles. The van der Waals surface area contributed by atoms with Gasteiger partial charge in [-0.1, -0.05) is 6.07 Å². The van der Waals surface area contributed by atoms with Gasteiger partial charge in [-0.2, -0.15) is 13.9 Å². The van der Waals surface area contributed by atoms with Gasteiger partial charge >= 0.3 is 6.61 Å². The Morgan fingerprint density at radius 2 is 1.86 bits per heavy atom. The van der Waals surface area contributed by atoms with E-state index in [0.29, 0.717) is 11.5 Å². The van der Waals surface area contributed by atoms with Gasteiger partial charge in [-0.05, 0) is 55.0 Å². The average Bonchev–Trinajstić information content (AvgIpc) is 3.17. The van der Waals surface area contributed by atoms with Crippen molar-refractivity contribution in [2.45, 2.75) is 20.3 Å². The number of ether oxygens (including phenoxy) is 3. The molecule has 29 heavy (non-hydrogen) atoms. The van der Waals surface area contributed by atoms with E-state index in [0.717, 1.165) is 5.56 Å². The first-order valence-electron chi connectivity index (χ1n) is 8.62. The minimum absolute atomic E-state index is 0.0872. The molecule has 0 saturated carbocycles. The van der Waals surface area contributed by atoms with Gasteiger partial charge in [0.15, 0.2) is 12.4 Å². The lowest BCUT2D eigenvalue weighted by Gasteiger charge is -2.12. The lowest BCUT2D eigenvalue weighted by molar-refractivity contribution is -0.0494. The molecule has 0 radical (unpaired) electrons. The molecular formula is C20H19F2N3O4. The van der Waals surface area contributed by atoms with Crippen molar-refractivity contribution in [2.24, 2.45) is 0 Å². The van der Waals surface area contributed by atoms with Crippen molar-refractivity contribution in [3.63, 3.8) is 0 Å². The molecule has 7 nitrogen and oxygen atoms in total. The minimum atomic E-state index is -3.00. The largest absolute Gasteiger partial charge is 0.497 e. The SMILES string of the molecule is COc1ccc(OCn2ccc(C(=O)Nc3ccc(C)cc3OC(F)F)n2)cc1. The molecule has 0 aliphatic rings. The summed E-state index contributed by atoms with van der Waals surface area (Å²) in [6, 6.07) is 13.1. The van der Waals surface area contributed by atoms with Crippen LogP contribution in [0.15, 0.2) is 54.7 Å². The van der Waals surface area contributed by atoms with E-state index in [2.05, 4.69) is 15.2 Å². The monoisotopic (exact) mass is 403 g/mol. The fourth-order valence-corrected chi connectivity index (χ4v) is 2.48. The number of carbonyl (C=O) groups excluding carboxylic acids is 1. The number of alkyl halides is 2. The number of halogens is 2. The number of methoxy groups -OCH3 is 1. The zero-order valence-electron chi connectivity index (χ0n) is 15.8. The first-order chi connectivity index (χ1) is 13.9. The predicted molar refractivity (Wildman–Crippen MR) is 102 cm³/mol. The number of anilines is 1. The smallest absolute Gasteiger partial charge is 0.387 e. The van der Waals surface area contributed by atoms with E-state index < -0.39 is 12.5 Å². The summed E-state index contributed by atoms with van der Waals surface area (Å²) >= 11 is 0. The van der Waals surface area contributed by atoms with Crippen LogP contribution in [0.3, 0.4) is 0 Å². The van der Waals surface area contributed by atoms with Gasteiger partial charge in [-0.15, -0.1) is 0 Å². The molecule has 0 saturated heterocycles. The Morgan fingerprint density at radius 1 is 1.14 bits per heavy atom. The Labute approximate surface area is 165 Å². The van der Waals surface area contributed by atoms with E-state index >= 15 is 0 Å². The van der Waals surface area contributed by atoms with Gasteiger partial charge in [-0.25, -0.2) is 4.68 Å². The van der Waals surface area contributed by atoms with Crippen LogP contribution in [0.5, 0.6) is 17.2 Å². The summed E-state index contributed by atoms with van der Waals surface area (Å²) < 4.78 is 41.8. The van der Waals surface area contributed by atoms with Gasteiger partial charge in [0.1, 0.15) is 17.2 Å². The molecule has 1 N–H and O–H groups in total. The highest BCUT2D eigenvalue weighted by Crippen LogP contribution is 2.27. The molecule has 0 spiro atoms. The van der Waals surface area contributed by atoms with E-state index in [1.165, 1.54) is 22.9 Å². The number of hydrogen-bond acceptors (Lipinski definition) is 5. The van der Waals surface area contributed by atoms with Crippen molar-refractivity contribution >= 4 is 11.6 Å². The third-order valence-electron chi connectivity index (χ3n) is 3.90. The van der Waals surface area contributed by atoms with Gasteiger partial charge < -0.3 is 19.5 Å². The van der Waals surface area contributed by atoms with Crippen molar-refractivity contribution in [1.29, 1.82) is 0 Å². The molecule has 0 bridgehead atoms. The quantitative estimate of drug-likeness (QED) is 0.613. The van der Waals surface area contributed by atoms with E-state index in [1.54, 1.807) is 50.6 Å². The topological polar surface area (TPSA) is 74.6 Å². The van der Waals surface area contributed by atoms with Crippen LogP contribution in [0, 0.1) is 6.92 Å². The van der Waals surface area contributed by atoms with E-state index in [4.69, 9.17) is 9.47 Å². The third kappa shape index (κ3) is 5.44. The van der Waals surface area contributed by atoms with Crippen LogP contribution >= 0.6 is 0 Å². The molecule has 0 unspecified atom stereocenters. The highest BCUT2D eigenvalue weighted by Gasteiger charge is 2.15. The summed E-state index contributed by atoms with van der Waals surface area (Å²) in [5.74, 6) is 0.647. The van der Waals surface area contributed by atoms with Crippen LogP contribution in [0.1, 0.15) is 16.1 Å². The maximum absolute atomic E-state index is 12.6. The number of amides is 1. The fraction of sp³-hybridized carbons (Fsp3) is 0.200. The van der Waals surface area contributed by atoms with Gasteiger partial charge in [0.05, 0.1) is 12.8 Å². The molecule has 9 heteroatoms. The fourth-order valence-electron chi connectivity index (χ4n) is 2.48. The molecule has 0 aliphatic heterocycles. The zero-order chi connectivity index (χ0) is 20.8. The number of aromatic nitrogens is 2. The number of nitrogens with zero attached hydrogens (tertiary/aromatic N) is 2. The van der Waals surface area contributed by atoms with Crippen LogP contribution in [-0.4, -0.2) is 29.4 Å². The highest BCUT2D eigenvalue weighted by atomic mass is 19.3. The first-order valence-corrected chi connectivity index (χ1v) is 8.62. The molecule has 3 rings (SSSR count). The molecule has 3 aromatic rings. The number of carbonyl (C=O) groups is 1. The van der Waals surface area contributed by atoms with Crippen molar-refractivity contribution in [3.05, 3.63) is 66.0 Å². The maximum atomic E-state index is 12.6. The molecule has 152 valence electrons. The predicted octanol–water partition coefficient (Wildman–Crippen LogP) is 4.09. The van der Waals surface area contributed by atoms with Crippen LogP contribution < -0.4 is 19.5 Å². The second kappa shape index (κ2) is 9.05. The number of benzene rings is 2. The number of nitrogens with one attached hydrogen (secondary N) is 1. The summed E-state index contributed by atoms with van der Waals surface area (Å²) in [6.45, 7) is -1.18. The highest BCUT2D eigenvalue weighted by molar-refractivity contribution is 6.03. The normalized spacial score (nSPS) is 10.7. The van der Waals surface area contributed by atoms with E-state index in [-0.39, 0.29) is 23.9 Å². The summed E-state index contributed by atoms with van der Waals surface area (Å²) in [7, 11) is 1.57. The van der Waals surface area contributed by atoms with E-state index in [1.807, 2.05) is 0 Å². The Balaban J connectivity index is 1.63. The van der Waals surface area contributed by atoms with Crippen LogP contribution in [0.25, 0.3) is 0 Å². The van der Waals surface area contributed by atoms with Crippen LogP contribution in [0.2, 0.25) is 0 Å². The van der Waals surface area contributed by atoms with Gasteiger partial charge in [0, 0.05) is 6.20 Å². The molecule has 0 atom stereocenters. The summed E-state index contributed by atoms with van der Waals surface area (Å²) in [5.41, 5.74) is 0.954. The Hall–Kier alpha value is -3.62. The molecule has 1 amide bonds. The summed E-state index contributed by atoms with van der Waals surface area (Å²) in [5, 5.41) is 6.66. The van der Waals surface area contributed by atoms with E-state index in [9.17, 15) is 13.6 Å². The lowest BCUT2D eigenvalue weighted by Crippen LogP contribution is -2.15. The molecular weight excluding hydrogens is 384 g/mol. The van der Waals surface area contributed by atoms with Crippen molar-refractivity contribution in [2.75, 3.05) is 12.4 Å². The zero-order valence-corrected chi connectivity index (χ0v) is 15.8. The van der Waals surface area contributed by atoms with Crippen molar-refractivity contribution in [1.82, 2.24) is 9.78 Å². The lowest BCUT2D eigenvalue weighted by atomic mass is 10.2. The Kier molecular flexibility index (Phi) is 6.28. The number of rotatable bonds is 8. The van der Waals surface area contributed by atoms with Crippen molar-refractivity contribution < 1.29 is 27.8 Å². The van der Waals surface area contributed by atoms with Gasteiger partial charge in [0.25, 0.3) is 5.91 Å². The molecule has 1 aromatic heterocycles. The van der Waals surface area contributed by atoms with Crippen LogP contribution in [-0.2, 0) is 6.73 Å². The number of aryl methyl sites for hydroxylation is 1. The first kappa shape index (κ1) is 20.1. The van der Waals surface area contributed by atoms with Gasteiger partial charge in [-0.3, -0.25) is 4.79 Å². The standard InChI is InChI=1S/C20H19F2N3O4/c1-13-3-8-16(18(11-13)29-20(21)22)23-19(26)17-9-10-25(24-17)12-28-15-6-4-14(27-2)5-7-15/h3-11,20H,12H2,1-2H3,(H,23,26). The third-order valence-corrected chi connectivity index (χ3v) is 3.90. The van der Waals surface area contributed by atoms with Gasteiger partial charge in [0.2, 0.25) is 0 Å². The minimum Gasteiger partial charge on any atom is -0.497 e. The molecule has 0 fully saturated rings. The summed E-state index contributed by atoms with van der Waals surface area (Å²) in [4.78, 5) is 12.4. The molecule has 1 heterocycles. The Bertz CT molecular complexity index is 974. The Morgan fingerprint density at radius 3 is 2.55 bits per heavy atom. The van der Waals surface area contributed by atoms with Crippen molar-refractivity contribution in [3.8, 4) is 17.2 Å². The maximum Gasteiger partial charge on any atom is 0.387 e. The number of hydrogen-bond donors (Lipinski definition) is 1. The summed E-state index contributed by atoms with van der Waals surface area (Å²) in [6.07, 6.45) is 1.57. The second-order valence-electron chi connectivity index (χ2n) is 6.02. The second-order valence-corrected chi connectivity index (χ2v) is 6.02. The average molecular weight is 403 g/mol. The van der Waals surface area contributed by atoms with Crippen LogP contribution in [0.4, 0.5) is 14.5 Å². The molecule has 2 aromatic carbocycles.